The van der Waals surface area contributed by atoms with Crippen LogP contribution in [-0.2, 0) is 22.5 Å². The van der Waals surface area contributed by atoms with Crippen LogP contribution in [0, 0.1) is 0 Å². The highest BCUT2D eigenvalue weighted by Gasteiger charge is 2.28. The van der Waals surface area contributed by atoms with Crippen LogP contribution in [0.15, 0.2) is 53.7 Å². The number of hydrogen-bond acceptors (Lipinski definition) is 5. The normalized spacial score (nSPS) is 15.6. The standard InChI is InChI=1S/C24H27ClN4O2S/c1-17-12-13-18-8-3-6-11-21(18)29(17)22(30)16-32-24-27-26-23(28(24)14-7-15-31-2)19-9-4-5-10-20(19)25/h3-6,8-11,17H,7,12-16H2,1-2H3. The van der Waals surface area contributed by atoms with Crippen molar-refractivity contribution in [1.29, 1.82) is 0 Å². The third-order valence-corrected chi connectivity index (χ3v) is 6.96. The lowest BCUT2D eigenvalue weighted by Gasteiger charge is -2.35. The van der Waals surface area contributed by atoms with Crippen LogP contribution in [0.5, 0.6) is 0 Å². The van der Waals surface area contributed by atoms with Crippen LogP contribution in [0.25, 0.3) is 11.4 Å². The van der Waals surface area contributed by atoms with E-state index in [1.165, 1.54) is 17.3 Å². The second-order valence-corrected chi connectivity index (χ2v) is 9.20. The molecular weight excluding hydrogens is 444 g/mol. The zero-order chi connectivity index (χ0) is 22.5. The Labute approximate surface area is 197 Å². The molecular formula is C24H27ClN4O2S. The van der Waals surface area contributed by atoms with Gasteiger partial charge in [0.25, 0.3) is 0 Å². The highest BCUT2D eigenvalue weighted by Crippen LogP contribution is 2.33. The van der Waals surface area contributed by atoms with Gasteiger partial charge in [-0.05, 0) is 49.9 Å². The van der Waals surface area contributed by atoms with Crippen LogP contribution in [0.2, 0.25) is 5.02 Å². The molecule has 0 saturated heterocycles. The van der Waals surface area contributed by atoms with Crippen molar-refractivity contribution in [2.45, 2.75) is 43.9 Å². The van der Waals surface area contributed by atoms with Gasteiger partial charge in [-0.25, -0.2) is 0 Å². The predicted molar refractivity (Wildman–Crippen MR) is 129 cm³/mol. The number of carbonyl (C=O) groups is 1. The SMILES string of the molecule is COCCCn1c(SCC(=O)N2c3ccccc3CCC2C)nnc1-c1ccccc1Cl. The van der Waals surface area contributed by atoms with Crippen molar-refractivity contribution >= 4 is 35.0 Å². The monoisotopic (exact) mass is 470 g/mol. The molecule has 0 aliphatic carbocycles. The van der Waals surface area contributed by atoms with E-state index in [4.69, 9.17) is 16.3 Å². The average Bonchev–Trinajstić information content (AvgIpc) is 3.20. The number of fused-ring (bicyclic) bond motifs is 1. The van der Waals surface area contributed by atoms with Gasteiger partial charge in [-0.2, -0.15) is 0 Å². The Bertz CT molecular complexity index is 1090. The first-order valence-electron chi connectivity index (χ1n) is 10.8. The molecule has 1 amide bonds. The lowest BCUT2D eigenvalue weighted by molar-refractivity contribution is -0.116. The third kappa shape index (κ3) is 4.85. The van der Waals surface area contributed by atoms with Crippen LogP contribution in [0.4, 0.5) is 5.69 Å². The highest BCUT2D eigenvalue weighted by molar-refractivity contribution is 7.99. The molecule has 6 nitrogen and oxygen atoms in total. The van der Waals surface area contributed by atoms with Gasteiger partial charge >= 0.3 is 0 Å². The Hall–Kier alpha value is -2.35. The maximum atomic E-state index is 13.3. The third-order valence-electron chi connectivity index (χ3n) is 5.68. The Kier molecular flexibility index (Phi) is 7.50. The topological polar surface area (TPSA) is 60.2 Å². The van der Waals surface area contributed by atoms with Crippen molar-refractivity contribution in [1.82, 2.24) is 14.8 Å². The van der Waals surface area contributed by atoms with E-state index >= 15 is 0 Å². The number of para-hydroxylation sites is 1. The lowest BCUT2D eigenvalue weighted by Crippen LogP contribution is -2.43. The Morgan fingerprint density at radius 2 is 1.97 bits per heavy atom. The van der Waals surface area contributed by atoms with Gasteiger partial charge in [0, 0.05) is 37.6 Å². The number of rotatable bonds is 8. The van der Waals surface area contributed by atoms with Crippen molar-refractivity contribution in [3.8, 4) is 11.4 Å². The molecule has 1 atom stereocenters. The van der Waals surface area contributed by atoms with Crippen molar-refractivity contribution < 1.29 is 9.53 Å². The molecule has 0 saturated carbocycles. The van der Waals surface area contributed by atoms with E-state index in [9.17, 15) is 4.79 Å². The summed E-state index contributed by atoms with van der Waals surface area (Å²) < 4.78 is 7.26. The summed E-state index contributed by atoms with van der Waals surface area (Å²) in [6, 6.07) is 16.0. The highest BCUT2D eigenvalue weighted by atomic mass is 35.5. The molecule has 2 heterocycles. The first kappa shape index (κ1) is 22.8. The van der Waals surface area contributed by atoms with Crippen LogP contribution in [-0.4, -0.2) is 46.2 Å². The fraction of sp³-hybridized carbons (Fsp3) is 0.375. The van der Waals surface area contributed by atoms with E-state index in [0.717, 1.165) is 30.5 Å². The van der Waals surface area contributed by atoms with E-state index in [0.29, 0.717) is 34.9 Å². The summed E-state index contributed by atoms with van der Waals surface area (Å²) in [5.41, 5.74) is 3.08. The number of carbonyl (C=O) groups excluding carboxylic acids is 1. The van der Waals surface area contributed by atoms with E-state index in [1.807, 2.05) is 51.9 Å². The minimum absolute atomic E-state index is 0.0837. The Balaban J connectivity index is 1.55. The summed E-state index contributed by atoms with van der Waals surface area (Å²) in [4.78, 5) is 15.2. The van der Waals surface area contributed by atoms with Gasteiger partial charge in [0.05, 0.1) is 10.8 Å². The number of thioether (sulfide) groups is 1. The molecule has 168 valence electrons. The number of amides is 1. The number of benzene rings is 2. The minimum atomic E-state index is 0.0837. The zero-order valence-corrected chi connectivity index (χ0v) is 19.9. The summed E-state index contributed by atoms with van der Waals surface area (Å²) in [5, 5.41) is 10.1. The summed E-state index contributed by atoms with van der Waals surface area (Å²) in [6.45, 7) is 3.42. The number of hydrogen-bond donors (Lipinski definition) is 0. The number of aryl methyl sites for hydroxylation is 1. The van der Waals surface area contributed by atoms with Crippen LogP contribution >= 0.6 is 23.4 Å². The second kappa shape index (κ2) is 10.5. The van der Waals surface area contributed by atoms with Crippen molar-refractivity contribution in [2.75, 3.05) is 24.4 Å². The molecule has 4 rings (SSSR count). The molecule has 0 fully saturated rings. The van der Waals surface area contributed by atoms with Crippen molar-refractivity contribution in [3.63, 3.8) is 0 Å². The maximum absolute atomic E-state index is 13.3. The van der Waals surface area contributed by atoms with Gasteiger partial charge in [0.1, 0.15) is 0 Å². The molecule has 32 heavy (non-hydrogen) atoms. The molecule has 1 aliphatic rings. The number of nitrogens with zero attached hydrogens (tertiary/aromatic N) is 4. The maximum Gasteiger partial charge on any atom is 0.237 e. The van der Waals surface area contributed by atoms with Crippen LogP contribution in [0.1, 0.15) is 25.3 Å². The van der Waals surface area contributed by atoms with E-state index in [1.54, 1.807) is 7.11 Å². The fourth-order valence-electron chi connectivity index (χ4n) is 4.07. The number of aromatic nitrogens is 3. The molecule has 8 heteroatoms. The number of halogens is 1. The molecule has 0 radical (unpaired) electrons. The van der Waals surface area contributed by atoms with Crippen LogP contribution < -0.4 is 4.90 Å². The summed E-state index contributed by atoms with van der Waals surface area (Å²) in [5.74, 6) is 1.09. The molecule has 1 unspecified atom stereocenters. The molecule has 0 N–H and O–H groups in total. The quantitative estimate of drug-likeness (QED) is 0.339. The molecule has 2 aromatic carbocycles. The van der Waals surface area contributed by atoms with Gasteiger partial charge in [-0.15, -0.1) is 10.2 Å². The number of methoxy groups -OCH3 is 1. The fourth-order valence-corrected chi connectivity index (χ4v) is 5.11. The molecule has 1 aliphatic heterocycles. The van der Waals surface area contributed by atoms with Crippen LogP contribution in [0.3, 0.4) is 0 Å². The van der Waals surface area contributed by atoms with Crippen molar-refractivity contribution in [3.05, 3.63) is 59.1 Å². The summed E-state index contributed by atoms with van der Waals surface area (Å²) in [7, 11) is 1.69. The second-order valence-electron chi connectivity index (χ2n) is 7.85. The largest absolute Gasteiger partial charge is 0.385 e. The van der Waals surface area contributed by atoms with Gasteiger partial charge < -0.3 is 14.2 Å². The summed E-state index contributed by atoms with van der Waals surface area (Å²) >= 11 is 7.84. The van der Waals surface area contributed by atoms with E-state index in [-0.39, 0.29) is 11.9 Å². The first-order valence-corrected chi connectivity index (χ1v) is 12.2. The van der Waals surface area contributed by atoms with E-state index < -0.39 is 0 Å². The van der Waals surface area contributed by atoms with E-state index in [2.05, 4.69) is 23.2 Å². The molecule has 0 spiro atoms. The van der Waals surface area contributed by atoms with Gasteiger partial charge in [-0.3, -0.25) is 4.79 Å². The Morgan fingerprint density at radius 1 is 1.19 bits per heavy atom. The smallest absolute Gasteiger partial charge is 0.237 e. The average molecular weight is 471 g/mol. The zero-order valence-electron chi connectivity index (χ0n) is 18.3. The number of ether oxygens (including phenoxy) is 1. The number of anilines is 1. The minimum Gasteiger partial charge on any atom is -0.385 e. The Morgan fingerprint density at radius 3 is 2.78 bits per heavy atom. The van der Waals surface area contributed by atoms with Crippen molar-refractivity contribution in [2.24, 2.45) is 0 Å². The first-order chi connectivity index (χ1) is 15.6. The summed E-state index contributed by atoms with van der Waals surface area (Å²) in [6.07, 6.45) is 2.78. The lowest BCUT2D eigenvalue weighted by atomic mass is 9.97. The van der Waals surface area contributed by atoms with Gasteiger partial charge in [0.2, 0.25) is 5.91 Å². The molecule has 0 bridgehead atoms. The molecule has 1 aromatic heterocycles. The van der Waals surface area contributed by atoms with Gasteiger partial charge in [0.15, 0.2) is 11.0 Å². The van der Waals surface area contributed by atoms with Gasteiger partial charge in [-0.1, -0.05) is 53.7 Å². The molecule has 3 aromatic rings. The predicted octanol–water partition coefficient (Wildman–Crippen LogP) is 5.10.